The highest BCUT2D eigenvalue weighted by Gasteiger charge is 2.19. The summed E-state index contributed by atoms with van der Waals surface area (Å²) in [4.78, 5) is 13.7. The fraction of sp³-hybridized carbons (Fsp3) is 0.500. The lowest BCUT2D eigenvalue weighted by Gasteiger charge is -2.17. The fourth-order valence-corrected chi connectivity index (χ4v) is 2.55. The molecule has 0 aromatic heterocycles. The maximum Gasteiger partial charge on any atom is 0.260 e. The van der Waals surface area contributed by atoms with Gasteiger partial charge in [-0.2, -0.15) is 0 Å². The van der Waals surface area contributed by atoms with Crippen LogP contribution in [0.15, 0.2) is 22.7 Å². The van der Waals surface area contributed by atoms with Crippen molar-refractivity contribution >= 4 is 21.8 Å². The van der Waals surface area contributed by atoms with Crippen molar-refractivity contribution in [2.24, 2.45) is 0 Å². The Bertz CT molecular complexity index is 456. The lowest BCUT2D eigenvalue weighted by molar-refractivity contribution is -0.132. The van der Waals surface area contributed by atoms with E-state index in [1.54, 1.807) is 19.1 Å². The van der Waals surface area contributed by atoms with Crippen molar-refractivity contribution in [1.29, 1.82) is 0 Å². The second-order valence-corrected chi connectivity index (χ2v) is 5.65. The van der Waals surface area contributed by atoms with E-state index >= 15 is 0 Å². The molecular weight excluding hydrogens is 310 g/mol. The molecule has 1 aromatic rings. The van der Waals surface area contributed by atoms with Crippen LogP contribution >= 0.6 is 15.9 Å². The first-order valence-corrected chi connectivity index (χ1v) is 7.25. The number of ether oxygens (including phenoxy) is 1. The zero-order valence-electron chi connectivity index (χ0n) is 10.9. The summed E-state index contributed by atoms with van der Waals surface area (Å²) in [7, 11) is 0. The minimum absolute atomic E-state index is 0.0111. The van der Waals surface area contributed by atoms with Crippen LogP contribution in [0.1, 0.15) is 31.4 Å². The maximum absolute atomic E-state index is 11.9. The molecule has 1 heterocycles. The van der Waals surface area contributed by atoms with E-state index in [4.69, 9.17) is 4.74 Å². The summed E-state index contributed by atoms with van der Waals surface area (Å²) in [6.07, 6.45) is 1.51. The van der Waals surface area contributed by atoms with Crippen LogP contribution in [0.2, 0.25) is 0 Å². The van der Waals surface area contributed by atoms with Crippen molar-refractivity contribution in [3.63, 3.8) is 0 Å². The number of carbonyl (C=O) groups is 1. The molecule has 5 heteroatoms. The molecule has 0 radical (unpaired) electrons. The number of likely N-dealkylation sites (tertiary alicyclic amines) is 1. The molecule has 1 saturated heterocycles. The number of benzene rings is 1. The van der Waals surface area contributed by atoms with Crippen LogP contribution in [0.4, 0.5) is 0 Å². The Morgan fingerprint density at radius 2 is 2.16 bits per heavy atom. The van der Waals surface area contributed by atoms with E-state index in [1.807, 2.05) is 11.0 Å². The molecule has 0 aliphatic carbocycles. The zero-order chi connectivity index (χ0) is 13.8. The summed E-state index contributed by atoms with van der Waals surface area (Å²) in [5.41, 5.74) is 0.684. The first-order chi connectivity index (χ1) is 9.08. The van der Waals surface area contributed by atoms with Crippen LogP contribution in [0.25, 0.3) is 0 Å². The number of rotatable bonds is 4. The zero-order valence-corrected chi connectivity index (χ0v) is 12.5. The summed E-state index contributed by atoms with van der Waals surface area (Å²) in [6, 6.07) is 5.41. The number of hydrogen-bond donors (Lipinski definition) is 1. The molecule has 19 heavy (non-hydrogen) atoms. The lowest BCUT2D eigenvalue weighted by Crippen LogP contribution is -2.32. The summed E-state index contributed by atoms with van der Waals surface area (Å²) in [5, 5.41) is 9.71. The molecule has 2 rings (SSSR count). The molecule has 1 amide bonds. The maximum atomic E-state index is 11.9. The normalized spacial score (nSPS) is 16.5. The van der Waals surface area contributed by atoms with Crippen molar-refractivity contribution in [1.82, 2.24) is 4.90 Å². The van der Waals surface area contributed by atoms with Crippen LogP contribution in [-0.2, 0) is 4.79 Å². The van der Waals surface area contributed by atoms with Gasteiger partial charge in [0.25, 0.3) is 5.91 Å². The van der Waals surface area contributed by atoms with Crippen molar-refractivity contribution in [2.75, 3.05) is 19.7 Å². The Morgan fingerprint density at radius 3 is 2.79 bits per heavy atom. The van der Waals surface area contributed by atoms with Crippen LogP contribution in [0.5, 0.6) is 5.75 Å². The number of aliphatic hydroxyl groups excluding tert-OH is 1. The van der Waals surface area contributed by atoms with Gasteiger partial charge in [-0.3, -0.25) is 4.79 Å². The van der Waals surface area contributed by atoms with E-state index < -0.39 is 6.10 Å². The van der Waals surface area contributed by atoms with Crippen molar-refractivity contribution in [2.45, 2.75) is 25.9 Å². The van der Waals surface area contributed by atoms with Crippen molar-refractivity contribution in [3.8, 4) is 5.75 Å². The van der Waals surface area contributed by atoms with E-state index in [0.29, 0.717) is 11.3 Å². The molecule has 0 unspecified atom stereocenters. The largest absolute Gasteiger partial charge is 0.483 e. The molecule has 1 aliphatic rings. The Kier molecular flexibility index (Phi) is 4.82. The van der Waals surface area contributed by atoms with Gasteiger partial charge in [-0.25, -0.2) is 0 Å². The molecule has 0 saturated carbocycles. The van der Waals surface area contributed by atoms with Gasteiger partial charge in [-0.1, -0.05) is 15.9 Å². The molecular formula is C14H18BrNO3. The number of amides is 1. The second kappa shape index (κ2) is 6.39. The van der Waals surface area contributed by atoms with Crippen molar-refractivity contribution in [3.05, 3.63) is 28.2 Å². The third-order valence-corrected chi connectivity index (χ3v) is 3.73. The molecule has 1 aromatic carbocycles. The Morgan fingerprint density at radius 1 is 1.47 bits per heavy atom. The predicted molar refractivity (Wildman–Crippen MR) is 76.1 cm³/mol. The highest BCUT2D eigenvalue weighted by atomic mass is 79.9. The Balaban J connectivity index is 2.00. The summed E-state index contributed by atoms with van der Waals surface area (Å²) >= 11 is 3.36. The minimum atomic E-state index is -0.630. The Labute approximate surface area is 121 Å². The van der Waals surface area contributed by atoms with Crippen LogP contribution in [0.3, 0.4) is 0 Å². The average molecular weight is 328 g/mol. The van der Waals surface area contributed by atoms with Gasteiger partial charge in [0.05, 0.1) is 6.10 Å². The van der Waals surface area contributed by atoms with Gasteiger partial charge in [0.2, 0.25) is 0 Å². The number of aliphatic hydroxyl groups is 1. The van der Waals surface area contributed by atoms with Gasteiger partial charge < -0.3 is 14.7 Å². The third-order valence-electron chi connectivity index (χ3n) is 3.23. The molecule has 1 atom stereocenters. The standard InChI is InChI=1S/C14H18BrNO3/c1-10(17)12-8-11(15)4-5-13(12)19-9-14(18)16-6-2-3-7-16/h4-5,8,10,17H,2-3,6-7,9H2,1H3/t10-/m1/s1. The topological polar surface area (TPSA) is 49.8 Å². The smallest absolute Gasteiger partial charge is 0.260 e. The van der Waals surface area contributed by atoms with E-state index in [1.165, 1.54) is 0 Å². The third kappa shape index (κ3) is 3.70. The molecule has 1 N–H and O–H groups in total. The molecule has 0 spiro atoms. The van der Waals surface area contributed by atoms with E-state index in [-0.39, 0.29) is 12.5 Å². The number of hydrogen-bond acceptors (Lipinski definition) is 3. The van der Waals surface area contributed by atoms with Gasteiger partial charge in [-0.15, -0.1) is 0 Å². The highest BCUT2D eigenvalue weighted by Crippen LogP contribution is 2.28. The van der Waals surface area contributed by atoms with Gasteiger partial charge >= 0.3 is 0 Å². The van der Waals surface area contributed by atoms with Crippen LogP contribution in [-0.4, -0.2) is 35.6 Å². The van der Waals surface area contributed by atoms with E-state index in [0.717, 1.165) is 30.4 Å². The van der Waals surface area contributed by atoms with Gasteiger partial charge in [-0.05, 0) is 38.0 Å². The highest BCUT2D eigenvalue weighted by molar-refractivity contribution is 9.10. The Hall–Kier alpha value is -1.07. The number of nitrogens with zero attached hydrogens (tertiary/aromatic N) is 1. The fourth-order valence-electron chi connectivity index (χ4n) is 2.17. The first kappa shape index (κ1) is 14.3. The summed E-state index contributed by atoms with van der Waals surface area (Å²) < 4.78 is 6.43. The quantitative estimate of drug-likeness (QED) is 0.924. The summed E-state index contributed by atoms with van der Waals surface area (Å²) in [5.74, 6) is 0.572. The van der Waals surface area contributed by atoms with Crippen molar-refractivity contribution < 1.29 is 14.6 Å². The molecule has 4 nitrogen and oxygen atoms in total. The van der Waals surface area contributed by atoms with E-state index in [9.17, 15) is 9.90 Å². The first-order valence-electron chi connectivity index (χ1n) is 6.46. The molecule has 1 aliphatic heterocycles. The van der Waals surface area contributed by atoms with Gasteiger partial charge in [0.1, 0.15) is 5.75 Å². The molecule has 1 fully saturated rings. The van der Waals surface area contributed by atoms with E-state index in [2.05, 4.69) is 15.9 Å². The van der Waals surface area contributed by atoms with Crippen LogP contribution in [0, 0.1) is 0 Å². The lowest BCUT2D eigenvalue weighted by atomic mass is 10.1. The molecule has 0 bridgehead atoms. The average Bonchev–Trinajstić information content (AvgIpc) is 2.90. The van der Waals surface area contributed by atoms with Crippen LogP contribution < -0.4 is 4.74 Å². The van der Waals surface area contributed by atoms with Gasteiger partial charge in [0, 0.05) is 23.1 Å². The summed E-state index contributed by atoms with van der Waals surface area (Å²) in [6.45, 7) is 3.36. The minimum Gasteiger partial charge on any atom is -0.483 e. The van der Waals surface area contributed by atoms with Gasteiger partial charge in [0.15, 0.2) is 6.61 Å². The monoisotopic (exact) mass is 327 g/mol. The number of halogens is 1. The number of carbonyl (C=O) groups excluding carboxylic acids is 1. The predicted octanol–water partition coefficient (Wildman–Crippen LogP) is 2.50. The molecule has 104 valence electrons. The SMILES string of the molecule is C[C@@H](O)c1cc(Br)ccc1OCC(=O)N1CCCC1. The second-order valence-electron chi connectivity index (χ2n) is 4.73.